The molecule has 0 bridgehead atoms. The van der Waals surface area contributed by atoms with E-state index in [2.05, 4.69) is 7.79 Å². The maximum absolute atomic E-state index is 2.61. The smallest absolute Gasteiger partial charge is 0.144 e. The van der Waals surface area contributed by atoms with Crippen molar-refractivity contribution in [3.05, 3.63) is 0 Å². The second-order valence-electron chi connectivity index (χ2n) is 2.30. The van der Waals surface area contributed by atoms with Crippen LogP contribution >= 0.6 is 0 Å². The van der Waals surface area contributed by atoms with Crippen LogP contribution in [0.25, 0.3) is 0 Å². The fraction of sp³-hybridized carbons (Fsp3) is 0. The van der Waals surface area contributed by atoms with Gasteiger partial charge in [-0.3, -0.25) is 0 Å². The van der Waals surface area contributed by atoms with Gasteiger partial charge < -0.3 is 7.79 Å². The van der Waals surface area contributed by atoms with E-state index >= 15 is 0 Å². The van der Waals surface area contributed by atoms with Crippen molar-refractivity contribution < 1.29 is 0 Å². The summed E-state index contributed by atoms with van der Waals surface area (Å²) in [4.78, 5) is 0. The first kappa shape index (κ1) is 8.00. The average Bonchev–Trinajstić information content (AvgIpc) is 1.27. The predicted octanol–water partition coefficient (Wildman–Crippen LogP) is -6.29. The third-order valence-electron chi connectivity index (χ3n) is 0.566. The summed E-state index contributed by atoms with van der Waals surface area (Å²) in [6.45, 7) is 0. The van der Waals surface area contributed by atoms with Crippen LogP contribution in [0.15, 0.2) is 0 Å². The third kappa shape index (κ3) is 7.00. The van der Waals surface area contributed by atoms with Gasteiger partial charge in [0.25, 0.3) is 0 Å². The van der Waals surface area contributed by atoms with Crippen LogP contribution in [0.2, 0.25) is 0 Å². The van der Waals surface area contributed by atoms with E-state index in [-0.39, 0.29) is 9.84 Å². The van der Waals surface area contributed by atoms with E-state index in [0.717, 1.165) is 0 Å². The topological polar surface area (TPSA) is 6.48 Å². The Balaban J connectivity index is 2.95. The molecule has 7 heavy (non-hydrogen) atoms. The summed E-state index contributed by atoms with van der Waals surface area (Å²) < 4.78 is 5.22. The Morgan fingerprint density at radius 3 is 1.14 bits per heavy atom. The predicted molar refractivity (Wildman–Crippen MR) is 52.0 cm³/mol. The summed E-state index contributed by atoms with van der Waals surface area (Å²) in [5, 5.41) is 0. The molecule has 0 fully saturated rings. The first-order valence-electron chi connectivity index (χ1n) is 2.42. The Hall–Kier alpha value is 1.00. The minimum atomic E-state index is 0.194. The molecule has 0 heterocycles. The van der Waals surface area contributed by atoms with Gasteiger partial charge in [0.15, 0.2) is 0 Å². The Morgan fingerprint density at radius 2 is 1.14 bits per heavy atom. The van der Waals surface area contributed by atoms with Crippen LogP contribution in [0.1, 0.15) is 0 Å². The van der Waals surface area contributed by atoms with Gasteiger partial charge in [-0.05, 0) is 0 Å². The van der Waals surface area contributed by atoms with Crippen molar-refractivity contribution >= 4 is 51.5 Å². The third-order valence-corrected chi connectivity index (χ3v) is 5.09. The van der Waals surface area contributed by atoms with E-state index < -0.39 is 0 Å². The molecule has 0 atom stereocenters. The zero-order valence-electron chi connectivity index (χ0n) is 5.60. The van der Waals surface area contributed by atoms with Crippen molar-refractivity contribution in [1.29, 1.82) is 0 Å². The highest BCUT2D eigenvalue weighted by atomic mass is 28.4. The zero-order chi connectivity index (χ0) is 5.86. The molecule has 2 nitrogen and oxygen atoms in total. The van der Waals surface area contributed by atoms with Gasteiger partial charge in [-0.15, -0.1) is 0 Å². The second-order valence-corrected chi connectivity index (χ2v) is 19.9. The van der Waals surface area contributed by atoms with Crippen molar-refractivity contribution in [2.45, 2.75) is 0 Å². The van der Waals surface area contributed by atoms with Crippen molar-refractivity contribution in [1.82, 2.24) is 7.79 Å². The molecule has 0 aliphatic carbocycles. The highest BCUT2D eigenvalue weighted by Crippen LogP contribution is 1.65. The Labute approximate surface area is 59.6 Å². The fourth-order valence-electron chi connectivity index (χ4n) is 0.566. The molecule has 0 rings (SSSR count). The molecule has 0 radical (unpaired) electrons. The molecule has 0 aliphatic rings. The van der Waals surface area contributed by atoms with E-state index in [1.165, 1.54) is 41.6 Å². The van der Waals surface area contributed by atoms with Gasteiger partial charge in [-0.25, -0.2) is 0 Å². The summed E-state index contributed by atoms with van der Waals surface area (Å²) in [5.41, 5.74) is 0. The van der Waals surface area contributed by atoms with E-state index in [1.54, 1.807) is 0 Å². The first-order valence-corrected chi connectivity index (χ1v) is 7.26. The lowest BCUT2D eigenvalue weighted by Gasteiger charge is -2.15. The van der Waals surface area contributed by atoms with Gasteiger partial charge in [0.05, 0.1) is 41.6 Å². The maximum atomic E-state index is 2.61. The molecule has 0 aromatic carbocycles. The lowest BCUT2D eigenvalue weighted by atomic mass is 13.7. The average molecular weight is 183 g/mol. The number of hydrogen-bond acceptors (Lipinski definition) is 2. The van der Waals surface area contributed by atoms with E-state index in [4.69, 9.17) is 0 Å². The molecule has 7 heteroatoms. The minimum absolute atomic E-state index is 0.194. The molecule has 0 unspecified atom stereocenters. The lowest BCUT2D eigenvalue weighted by Crippen LogP contribution is -2.35. The van der Waals surface area contributed by atoms with Crippen LogP contribution in [0, 0.1) is 0 Å². The summed E-state index contributed by atoms with van der Waals surface area (Å²) >= 11 is 0. The fourth-order valence-corrected chi connectivity index (χ4v) is 15.3. The molecule has 0 aromatic rings. The van der Waals surface area contributed by atoms with Gasteiger partial charge in [0, 0.05) is 0 Å². The van der Waals surface area contributed by atoms with E-state index in [1.807, 2.05) is 0 Å². The second kappa shape index (κ2) is 3.94. The SMILES string of the molecule is [SiH3]N([SiH3])[SiH2]N([SiH3])[SiH3]. The maximum Gasteiger partial charge on any atom is 0.144 e. The van der Waals surface area contributed by atoms with Crippen molar-refractivity contribution in [3.63, 3.8) is 0 Å². The largest absolute Gasteiger partial charge is 0.377 e. The molecule has 44 valence electrons. The Bertz CT molecular complexity index is 35.3. The van der Waals surface area contributed by atoms with Crippen LogP contribution in [-0.4, -0.2) is 59.3 Å². The lowest BCUT2D eigenvalue weighted by molar-refractivity contribution is 0.999. The van der Waals surface area contributed by atoms with Crippen molar-refractivity contribution in [3.8, 4) is 0 Å². The molecular weight excluding hydrogens is 168 g/mol. The number of hydrogen-bond donors (Lipinski definition) is 0. The molecular formula is H14N2Si5. The first-order chi connectivity index (χ1) is 3.13. The van der Waals surface area contributed by atoms with Gasteiger partial charge in [-0.2, -0.15) is 0 Å². The highest BCUT2D eigenvalue weighted by Gasteiger charge is 1.88. The number of nitrogens with zero attached hydrogens (tertiary/aromatic N) is 2. The van der Waals surface area contributed by atoms with Gasteiger partial charge in [0.1, 0.15) is 9.84 Å². The molecule has 0 aliphatic heterocycles. The van der Waals surface area contributed by atoms with Gasteiger partial charge >= 0.3 is 0 Å². The summed E-state index contributed by atoms with van der Waals surface area (Å²) in [5.74, 6) is 0. The normalized spacial score (nSPS) is 14.6. The standard InChI is InChI=1S/H14N2Si5/c3-1(4)7-2(5)6/h7H2,3-6H3. The van der Waals surface area contributed by atoms with Crippen LogP contribution in [-0.2, 0) is 0 Å². The van der Waals surface area contributed by atoms with Crippen LogP contribution < -0.4 is 0 Å². The quantitative estimate of drug-likeness (QED) is 0.392. The molecule has 0 N–H and O–H groups in total. The van der Waals surface area contributed by atoms with E-state index in [9.17, 15) is 0 Å². The van der Waals surface area contributed by atoms with Gasteiger partial charge in [-0.1, -0.05) is 0 Å². The molecule has 0 spiro atoms. The number of rotatable bonds is 2. The summed E-state index contributed by atoms with van der Waals surface area (Å²) in [6.07, 6.45) is 0. The van der Waals surface area contributed by atoms with E-state index in [0.29, 0.717) is 0 Å². The minimum Gasteiger partial charge on any atom is -0.377 e. The summed E-state index contributed by atoms with van der Waals surface area (Å²) in [6, 6.07) is 0. The van der Waals surface area contributed by atoms with Crippen LogP contribution in [0.4, 0.5) is 0 Å². The monoisotopic (exact) mass is 182 g/mol. The van der Waals surface area contributed by atoms with Crippen LogP contribution in [0.5, 0.6) is 0 Å². The summed E-state index contributed by atoms with van der Waals surface area (Å²) in [7, 11) is 5.50. The highest BCUT2D eigenvalue weighted by molar-refractivity contribution is 6.60. The molecule has 0 amide bonds. The van der Waals surface area contributed by atoms with Gasteiger partial charge in [0.2, 0.25) is 0 Å². The zero-order valence-corrected chi connectivity index (χ0v) is 15.0. The molecule has 0 saturated heterocycles. The van der Waals surface area contributed by atoms with Crippen molar-refractivity contribution in [2.24, 2.45) is 0 Å². The van der Waals surface area contributed by atoms with Crippen molar-refractivity contribution in [2.75, 3.05) is 0 Å². The molecule has 0 aromatic heterocycles. The Morgan fingerprint density at radius 1 is 0.857 bits per heavy atom. The van der Waals surface area contributed by atoms with Crippen LogP contribution in [0.3, 0.4) is 0 Å². The Kier molecular flexibility index (Phi) is 4.51. The molecule has 0 saturated carbocycles.